The van der Waals surface area contributed by atoms with E-state index in [2.05, 4.69) is 5.32 Å². The lowest BCUT2D eigenvalue weighted by Crippen LogP contribution is -2.36. The van der Waals surface area contributed by atoms with Gasteiger partial charge in [-0.1, -0.05) is 25.1 Å². The van der Waals surface area contributed by atoms with Crippen molar-refractivity contribution in [1.82, 2.24) is 5.32 Å². The van der Waals surface area contributed by atoms with Crippen LogP contribution < -0.4 is 5.32 Å². The van der Waals surface area contributed by atoms with E-state index in [0.717, 1.165) is 6.42 Å². The van der Waals surface area contributed by atoms with Gasteiger partial charge in [-0.15, -0.1) is 0 Å². The fourth-order valence-electron chi connectivity index (χ4n) is 1.41. The predicted octanol–water partition coefficient (Wildman–Crippen LogP) is 1.99. The quantitative estimate of drug-likeness (QED) is 0.860. The average molecular weight is 271 g/mol. The Kier molecular flexibility index (Phi) is 5.98. The number of carbonyl (C=O) groups is 1. The highest BCUT2D eigenvalue weighted by atomic mass is 32.2. The number of hydrogen-bond donors (Lipinski definition) is 1. The Hall–Kier alpha value is -1.23. The van der Waals surface area contributed by atoms with Crippen molar-refractivity contribution in [2.75, 3.05) is 6.54 Å². The van der Waals surface area contributed by atoms with Crippen LogP contribution in [0.15, 0.2) is 24.3 Å². The van der Waals surface area contributed by atoms with Gasteiger partial charge in [0.1, 0.15) is 11.1 Å². The Morgan fingerprint density at radius 2 is 2.11 bits per heavy atom. The van der Waals surface area contributed by atoms with Gasteiger partial charge in [0.05, 0.1) is 5.75 Å². The first-order valence-corrected chi connectivity index (χ1v) is 7.32. The number of halogens is 1. The zero-order valence-corrected chi connectivity index (χ0v) is 11.4. The summed E-state index contributed by atoms with van der Waals surface area (Å²) in [4.78, 5) is 11.6. The summed E-state index contributed by atoms with van der Waals surface area (Å²) >= 11 is 0. The van der Waals surface area contributed by atoms with Crippen molar-refractivity contribution in [2.45, 2.75) is 31.3 Å². The van der Waals surface area contributed by atoms with Crippen LogP contribution >= 0.6 is 0 Å². The fourth-order valence-corrected chi connectivity index (χ4v) is 2.52. The first kappa shape index (κ1) is 14.8. The number of nitrogens with one attached hydrogen (secondary N) is 1. The molecule has 1 amide bonds. The van der Waals surface area contributed by atoms with Crippen LogP contribution in [0, 0.1) is 5.82 Å². The maximum atomic E-state index is 13.4. The van der Waals surface area contributed by atoms with Gasteiger partial charge in [-0.25, -0.2) is 4.39 Å². The Labute approximate surface area is 109 Å². The van der Waals surface area contributed by atoms with E-state index in [1.54, 1.807) is 25.1 Å². The van der Waals surface area contributed by atoms with Crippen LogP contribution in [0.2, 0.25) is 0 Å². The van der Waals surface area contributed by atoms with Gasteiger partial charge >= 0.3 is 0 Å². The second-order valence-corrected chi connectivity index (χ2v) is 5.81. The monoisotopic (exact) mass is 271 g/mol. The molecule has 5 heteroatoms. The van der Waals surface area contributed by atoms with Gasteiger partial charge in [0.15, 0.2) is 0 Å². The van der Waals surface area contributed by atoms with Gasteiger partial charge in [0.2, 0.25) is 5.91 Å². The molecule has 0 aliphatic carbocycles. The van der Waals surface area contributed by atoms with Crippen LogP contribution in [0.5, 0.6) is 0 Å². The molecule has 100 valence electrons. The molecule has 0 aliphatic heterocycles. The molecule has 1 aromatic carbocycles. The third kappa shape index (κ3) is 4.22. The zero-order valence-electron chi connectivity index (χ0n) is 10.6. The Morgan fingerprint density at radius 1 is 1.44 bits per heavy atom. The molecular formula is C13H18FNO2S. The van der Waals surface area contributed by atoms with Crippen molar-refractivity contribution in [3.05, 3.63) is 35.6 Å². The van der Waals surface area contributed by atoms with Crippen LogP contribution in [0.3, 0.4) is 0 Å². The molecule has 1 N–H and O–H groups in total. The second kappa shape index (κ2) is 7.26. The molecule has 2 unspecified atom stereocenters. The minimum Gasteiger partial charge on any atom is -0.355 e. The van der Waals surface area contributed by atoms with Gasteiger partial charge in [0.25, 0.3) is 0 Å². The lowest BCUT2D eigenvalue weighted by Gasteiger charge is -2.12. The SMILES string of the molecule is CCCNC(=O)C(C)S(=O)Cc1ccccc1F. The summed E-state index contributed by atoms with van der Waals surface area (Å²) in [5.41, 5.74) is 0.381. The first-order valence-electron chi connectivity index (χ1n) is 5.94. The lowest BCUT2D eigenvalue weighted by molar-refractivity contribution is -0.120. The van der Waals surface area contributed by atoms with Crippen LogP contribution in [0.1, 0.15) is 25.8 Å². The molecule has 0 spiro atoms. The molecule has 0 radical (unpaired) electrons. The van der Waals surface area contributed by atoms with Gasteiger partial charge < -0.3 is 5.32 Å². The summed E-state index contributed by atoms with van der Waals surface area (Å²) in [5.74, 6) is -0.563. The molecule has 18 heavy (non-hydrogen) atoms. The molecule has 0 saturated carbocycles. The van der Waals surface area contributed by atoms with Gasteiger partial charge in [-0.05, 0) is 19.4 Å². The number of hydrogen-bond acceptors (Lipinski definition) is 2. The van der Waals surface area contributed by atoms with E-state index < -0.39 is 16.0 Å². The highest BCUT2D eigenvalue weighted by Crippen LogP contribution is 2.11. The van der Waals surface area contributed by atoms with Gasteiger partial charge in [0, 0.05) is 22.9 Å². The van der Waals surface area contributed by atoms with Crippen molar-refractivity contribution in [3.63, 3.8) is 0 Å². The predicted molar refractivity (Wildman–Crippen MR) is 71.0 cm³/mol. The normalized spacial score (nSPS) is 13.9. The van der Waals surface area contributed by atoms with Crippen molar-refractivity contribution in [3.8, 4) is 0 Å². The standard InChI is InChI=1S/C13H18FNO2S/c1-3-8-15-13(16)10(2)18(17)9-11-6-4-5-7-12(11)14/h4-7,10H,3,8-9H2,1-2H3,(H,15,16). The third-order valence-corrected chi connectivity index (χ3v) is 4.17. The lowest BCUT2D eigenvalue weighted by atomic mass is 10.2. The van der Waals surface area contributed by atoms with E-state index in [1.807, 2.05) is 6.92 Å². The highest BCUT2D eigenvalue weighted by Gasteiger charge is 2.20. The molecule has 0 aromatic heterocycles. The number of amides is 1. The summed E-state index contributed by atoms with van der Waals surface area (Å²) in [6.45, 7) is 4.11. The van der Waals surface area contributed by atoms with E-state index in [0.29, 0.717) is 12.1 Å². The number of rotatable bonds is 6. The van der Waals surface area contributed by atoms with Crippen LogP contribution in [-0.4, -0.2) is 21.9 Å². The Balaban J connectivity index is 2.60. The number of benzene rings is 1. The van der Waals surface area contributed by atoms with Crippen molar-refractivity contribution < 1.29 is 13.4 Å². The largest absolute Gasteiger partial charge is 0.355 e. The summed E-state index contributed by atoms with van der Waals surface area (Å²) in [7, 11) is -1.41. The maximum Gasteiger partial charge on any atom is 0.235 e. The van der Waals surface area contributed by atoms with Crippen LogP contribution in [0.4, 0.5) is 4.39 Å². The number of carbonyl (C=O) groups excluding carboxylic acids is 1. The van der Waals surface area contributed by atoms with E-state index >= 15 is 0 Å². The highest BCUT2D eigenvalue weighted by molar-refractivity contribution is 7.85. The molecule has 2 atom stereocenters. The van der Waals surface area contributed by atoms with Gasteiger partial charge in [-0.2, -0.15) is 0 Å². The Morgan fingerprint density at radius 3 is 2.72 bits per heavy atom. The van der Waals surface area contributed by atoms with E-state index in [9.17, 15) is 13.4 Å². The summed E-state index contributed by atoms with van der Waals surface area (Å²) in [6, 6.07) is 6.19. The summed E-state index contributed by atoms with van der Waals surface area (Å²) in [5, 5.41) is 2.06. The van der Waals surface area contributed by atoms with E-state index in [-0.39, 0.29) is 17.5 Å². The molecule has 0 aliphatic rings. The smallest absolute Gasteiger partial charge is 0.235 e. The minimum atomic E-state index is -1.41. The average Bonchev–Trinajstić information content (AvgIpc) is 2.37. The fraction of sp³-hybridized carbons (Fsp3) is 0.462. The second-order valence-electron chi connectivity index (χ2n) is 4.05. The summed E-state index contributed by atoms with van der Waals surface area (Å²) < 4.78 is 25.3. The molecule has 0 bridgehead atoms. The topological polar surface area (TPSA) is 46.2 Å². The minimum absolute atomic E-state index is 0.0629. The Bertz CT molecular complexity index is 437. The van der Waals surface area contributed by atoms with E-state index in [1.165, 1.54) is 6.07 Å². The van der Waals surface area contributed by atoms with Crippen molar-refractivity contribution >= 4 is 16.7 Å². The maximum absolute atomic E-state index is 13.4. The zero-order chi connectivity index (χ0) is 13.5. The molecule has 3 nitrogen and oxygen atoms in total. The summed E-state index contributed by atoms with van der Waals surface area (Å²) in [6.07, 6.45) is 0.832. The van der Waals surface area contributed by atoms with Crippen LogP contribution in [0.25, 0.3) is 0 Å². The molecule has 1 aromatic rings. The van der Waals surface area contributed by atoms with Gasteiger partial charge in [-0.3, -0.25) is 9.00 Å². The van der Waals surface area contributed by atoms with Crippen LogP contribution in [-0.2, 0) is 21.3 Å². The third-order valence-electron chi connectivity index (χ3n) is 2.57. The first-order chi connectivity index (χ1) is 8.56. The van der Waals surface area contributed by atoms with Crippen molar-refractivity contribution in [2.24, 2.45) is 0 Å². The molecular weight excluding hydrogens is 253 g/mol. The van der Waals surface area contributed by atoms with Crippen molar-refractivity contribution in [1.29, 1.82) is 0 Å². The molecule has 1 rings (SSSR count). The molecule has 0 heterocycles. The molecule has 0 saturated heterocycles. The molecule has 0 fully saturated rings. The van der Waals surface area contributed by atoms with E-state index in [4.69, 9.17) is 0 Å².